The van der Waals surface area contributed by atoms with E-state index >= 15 is 0 Å². The third kappa shape index (κ3) is 3.75. The minimum atomic E-state index is -3.80. The number of aromatic nitrogens is 2. The Bertz CT molecular complexity index is 1530. The average molecular weight is 524 g/mol. The number of non-ortho nitro benzene ring substituents is 1. The van der Waals surface area contributed by atoms with Gasteiger partial charge in [0.25, 0.3) is 11.6 Å². The number of piperazine rings is 1. The third-order valence-corrected chi connectivity index (χ3v) is 9.53. The molecular formula is C19H14ClN5O5S3. The van der Waals surface area contributed by atoms with Crippen LogP contribution in [0.25, 0.3) is 21.1 Å². The Morgan fingerprint density at radius 1 is 1.12 bits per heavy atom. The van der Waals surface area contributed by atoms with Crippen LogP contribution in [0.4, 0.5) is 5.69 Å². The van der Waals surface area contributed by atoms with Crippen LogP contribution < -0.4 is 0 Å². The number of halogens is 1. The molecule has 3 heterocycles. The van der Waals surface area contributed by atoms with Crippen molar-refractivity contribution in [2.24, 2.45) is 0 Å². The van der Waals surface area contributed by atoms with Crippen LogP contribution in [-0.4, -0.2) is 63.4 Å². The number of nitro groups is 1. The lowest BCUT2D eigenvalue weighted by atomic mass is 10.2. The van der Waals surface area contributed by atoms with E-state index in [4.69, 9.17) is 11.6 Å². The fourth-order valence-electron chi connectivity index (χ4n) is 3.71. The summed E-state index contributed by atoms with van der Waals surface area (Å²) in [7, 11) is -3.80. The first-order valence-corrected chi connectivity index (χ1v) is 13.0. The number of hydrogen-bond donors (Lipinski definition) is 0. The van der Waals surface area contributed by atoms with E-state index in [1.165, 1.54) is 28.6 Å². The van der Waals surface area contributed by atoms with Crippen molar-refractivity contribution in [1.29, 1.82) is 0 Å². The van der Waals surface area contributed by atoms with Crippen LogP contribution in [0, 0.1) is 10.1 Å². The Morgan fingerprint density at radius 3 is 2.61 bits per heavy atom. The predicted octanol–water partition coefficient (Wildman–Crippen LogP) is 3.61. The summed E-state index contributed by atoms with van der Waals surface area (Å²) >= 11 is 8.45. The number of hydrogen-bond acceptors (Lipinski definition) is 9. The minimum absolute atomic E-state index is 0.0800. The van der Waals surface area contributed by atoms with Crippen LogP contribution in [0.3, 0.4) is 0 Å². The van der Waals surface area contributed by atoms with Gasteiger partial charge >= 0.3 is 0 Å². The summed E-state index contributed by atoms with van der Waals surface area (Å²) in [5, 5.41) is 11.8. The van der Waals surface area contributed by atoms with Gasteiger partial charge in [0.05, 0.1) is 21.7 Å². The molecule has 1 amide bonds. The van der Waals surface area contributed by atoms with Crippen molar-refractivity contribution in [2.45, 2.75) is 4.90 Å². The molecule has 0 bridgehead atoms. The molecule has 0 unspecified atom stereocenters. The molecule has 0 N–H and O–H groups in total. The Labute approximate surface area is 200 Å². The number of thiophene rings is 1. The van der Waals surface area contributed by atoms with Crippen molar-refractivity contribution in [1.82, 2.24) is 18.0 Å². The van der Waals surface area contributed by atoms with Crippen LogP contribution in [0.2, 0.25) is 5.02 Å². The van der Waals surface area contributed by atoms with Crippen molar-refractivity contribution in [2.75, 3.05) is 26.2 Å². The van der Waals surface area contributed by atoms with E-state index in [-0.39, 0.29) is 52.6 Å². The van der Waals surface area contributed by atoms with Gasteiger partial charge in [0, 0.05) is 48.4 Å². The second-order valence-electron chi connectivity index (χ2n) is 7.27. The summed E-state index contributed by atoms with van der Waals surface area (Å²) in [5.74, 6) is -0.327. The molecule has 170 valence electrons. The number of benzene rings is 2. The number of carbonyl (C=O) groups is 1. The largest absolute Gasteiger partial charge is 0.335 e. The number of sulfonamides is 1. The van der Waals surface area contributed by atoms with Crippen LogP contribution in [0.1, 0.15) is 9.67 Å². The van der Waals surface area contributed by atoms with Gasteiger partial charge in [0.1, 0.15) is 20.8 Å². The van der Waals surface area contributed by atoms with Gasteiger partial charge in [-0.3, -0.25) is 14.9 Å². The van der Waals surface area contributed by atoms with Gasteiger partial charge in [-0.15, -0.1) is 11.3 Å². The zero-order chi connectivity index (χ0) is 23.3. The lowest BCUT2D eigenvalue weighted by molar-refractivity contribution is -0.384. The lowest BCUT2D eigenvalue weighted by Gasteiger charge is -2.33. The maximum absolute atomic E-state index is 13.2. The highest BCUT2D eigenvalue weighted by molar-refractivity contribution is 7.89. The quantitative estimate of drug-likeness (QED) is 0.295. The molecule has 0 radical (unpaired) electrons. The summed E-state index contributed by atoms with van der Waals surface area (Å²) in [6, 6.07) is 9.11. The summed E-state index contributed by atoms with van der Waals surface area (Å²) in [6.07, 6.45) is 0. The fourth-order valence-corrected chi connectivity index (χ4v) is 7.40. The second kappa shape index (κ2) is 8.25. The number of nitrogens with zero attached hydrogens (tertiary/aromatic N) is 5. The first-order chi connectivity index (χ1) is 15.8. The zero-order valence-electron chi connectivity index (χ0n) is 16.7. The molecule has 10 nitrogen and oxygen atoms in total. The Kier molecular flexibility index (Phi) is 5.53. The SMILES string of the molecule is O=C(c1sc2cc([N+](=O)[O-])ccc2c1Cl)N1CCN(S(=O)(=O)c2cccc3nsnc23)CC1. The summed E-state index contributed by atoms with van der Waals surface area (Å²) in [5.41, 5.74) is 0.783. The van der Waals surface area contributed by atoms with E-state index < -0.39 is 14.9 Å². The lowest BCUT2D eigenvalue weighted by Crippen LogP contribution is -2.50. The summed E-state index contributed by atoms with van der Waals surface area (Å²) < 4.78 is 36.5. The number of carbonyl (C=O) groups excluding carboxylic acids is 1. The maximum atomic E-state index is 13.2. The molecule has 2 aromatic carbocycles. The first-order valence-electron chi connectivity index (χ1n) is 9.64. The van der Waals surface area contributed by atoms with Crippen molar-refractivity contribution in [3.05, 3.63) is 56.4 Å². The number of amides is 1. The van der Waals surface area contributed by atoms with Crippen molar-refractivity contribution in [3.63, 3.8) is 0 Å². The van der Waals surface area contributed by atoms with Gasteiger partial charge in [-0.1, -0.05) is 17.7 Å². The Hall–Kier alpha value is -2.71. The number of rotatable bonds is 4. The summed E-state index contributed by atoms with van der Waals surface area (Å²) in [4.78, 5) is 25.6. The highest BCUT2D eigenvalue weighted by Crippen LogP contribution is 2.38. The molecule has 1 saturated heterocycles. The van der Waals surface area contributed by atoms with Crippen molar-refractivity contribution in [3.8, 4) is 0 Å². The zero-order valence-corrected chi connectivity index (χ0v) is 19.9. The van der Waals surface area contributed by atoms with Gasteiger partial charge in [-0.2, -0.15) is 13.1 Å². The van der Waals surface area contributed by atoms with E-state index in [9.17, 15) is 23.3 Å². The Balaban J connectivity index is 1.36. The molecule has 14 heteroatoms. The smallest absolute Gasteiger partial charge is 0.270 e. The van der Waals surface area contributed by atoms with Gasteiger partial charge in [-0.05, 0) is 18.2 Å². The third-order valence-electron chi connectivity index (χ3n) is 5.41. The standard InChI is InChI=1S/C19H14ClN5O5S3/c20-16-12-5-4-11(25(27)28)10-14(12)31-18(16)19(26)23-6-8-24(9-7-23)33(29,30)15-3-1-2-13-17(15)22-32-21-13/h1-5,10H,6-9H2. The molecule has 1 aliphatic heterocycles. The normalized spacial score (nSPS) is 15.4. The molecule has 2 aromatic heterocycles. The van der Waals surface area contributed by atoms with Crippen LogP contribution >= 0.6 is 34.7 Å². The maximum Gasteiger partial charge on any atom is 0.270 e. The van der Waals surface area contributed by atoms with Gasteiger partial charge in [0.2, 0.25) is 10.0 Å². The molecule has 0 atom stereocenters. The molecule has 1 fully saturated rings. The van der Waals surface area contributed by atoms with Gasteiger partial charge in [0.15, 0.2) is 0 Å². The van der Waals surface area contributed by atoms with E-state index in [1.54, 1.807) is 17.0 Å². The minimum Gasteiger partial charge on any atom is -0.335 e. The van der Waals surface area contributed by atoms with Crippen LogP contribution in [-0.2, 0) is 10.0 Å². The topological polar surface area (TPSA) is 127 Å². The van der Waals surface area contributed by atoms with E-state index in [1.807, 2.05) is 0 Å². The van der Waals surface area contributed by atoms with Crippen LogP contribution in [0.5, 0.6) is 0 Å². The molecule has 1 aliphatic rings. The number of nitro benzene ring substituents is 1. The van der Waals surface area contributed by atoms with Crippen molar-refractivity contribution >= 4 is 77.4 Å². The monoisotopic (exact) mass is 523 g/mol. The molecule has 0 aliphatic carbocycles. The molecule has 4 aromatic rings. The molecule has 0 spiro atoms. The van der Waals surface area contributed by atoms with E-state index in [0.29, 0.717) is 21.1 Å². The average Bonchev–Trinajstić information content (AvgIpc) is 3.42. The summed E-state index contributed by atoms with van der Waals surface area (Å²) in [6.45, 7) is 0.619. The highest BCUT2D eigenvalue weighted by Gasteiger charge is 2.33. The fraction of sp³-hybridized carbons (Fsp3) is 0.211. The van der Waals surface area contributed by atoms with Gasteiger partial charge < -0.3 is 4.90 Å². The second-order valence-corrected chi connectivity index (χ2v) is 11.1. The number of fused-ring (bicyclic) bond motifs is 2. The molecular weight excluding hydrogens is 510 g/mol. The van der Waals surface area contributed by atoms with E-state index in [2.05, 4.69) is 8.75 Å². The highest BCUT2D eigenvalue weighted by atomic mass is 35.5. The Morgan fingerprint density at radius 2 is 1.88 bits per heavy atom. The van der Waals surface area contributed by atoms with Crippen LogP contribution in [0.15, 0.2) is 41.3 Å². The molecule has 33 heavy (non-hydrogen) atoms. The first kappa shape index (κ1) is 22.1. The molecule has 0 saturated carbocycles. The van der Waals surface area contributed by atoms with Crippen molar-refractivity contribution < 1.29 is 18.1 Å². The van der Waals surface area contributed by atoms with Gasteiger partial charge in [-0.25, -0.2) is 8.42 Å². The van der Waals surface area contributed by atoms with E-state index in [0.717, 1.165) is 23.1 Å². The molecule has 5 rings (SSSR count). The predicted molar refractivity (Wildman–Crippen MR) is 126 cm³/mol.